The van der Waals surface area contributed by atoms with Gasteiger partial charge in [0.15, 0.2) is 0 Å². The third-order valence-corrected chi connectivity index (χ3v) is 2.74. The van der Waals surface area contributed by atoms with Crippen molar-refractivity contribution in [1.29, 1.82) is 0 Å². The number of amides is 1. The fourth-order valence-electron chi connectivity index (χ4n) is 2.04. The fourth-order valence-corrected chi connectivity index (χ4v) is 2.04. The SMILES string of the molecule is CC(=O)Nc1c(-c2cc(C)cc(C)n2)ccn1C. The molecule has 2 heterocycles. The molecule has 0 spiro atoms. The van der Waals surface area contributed by atoms with E-state index in [1.165, 1.54) is 6.92 Å². The summed E-state index contributed by atoms with van der Waals surface area (Å²) in [6.45, 7) is 5.52. The topological polar surface area (TPSA) is 46.9 Å². The van der Waals surface area contributed by atoms with Crippen LogP contribution in [-0.4, -0.2) is 15.5 Å². The van der Waals surface area contributed by atoms with Gasteiger partial charge in [0.1, 0.15) is 5.82 Å². The molecule has 0 saturated carbocycles. The van der Waals surface area contributed by atoms with Crippen LogP contribution in [-0.2, 0) is 11.8 Å². The molecule has 94 valence electrons. The molecule has 0 aromatic carbocycles. The largest absolute Gasteiger partial charge is 0.337 e. The average Bonchev–Trinajstić information content (AvgIpc) is 2.58. The van der Waals surface area contributed by atoms with E-state index < -0.39 is 0 Å². The minimum atomic E-state index is -0.0811. The molecular formula is C14H17N3O. The zero-order chi connectivity index (χ0) is 13.3. The molecule has 0 aliphatic rings. The fraction of sp³-hybridized carbons (Fsp3) is 0.286. The molecule has 2 aromatic rings. The van der Waals surface area contributed by atoms with E-state index in [1.54, 1.807) is 0 Å². The maximum atomic E-state index is 11.2. The monoisotopic (exact) mass is 243 g/mol. The minimum Gasteiger partial charge on any atom is -0.337 e. The molecule has 4 nitrogen and oxygen atoms in total. The van der Waals surface area contributed by atoms with Gasteiger partial charge in [0.2, 0.25) is 5.91 Å². The summed E-state index contributed by atoms with van der Waals surface area (Å²) in [5.74, 6) is 0.697. The third kappa shape index (κ3) is 2.42. The molecule has 0 unspecified atom stereocenters. The number of rotatable bonds is 2. The van der Waals surface area contributed by atoms with E-state index in [4.69, 9.17) is 0 Å². The van der Waals surface area contributed by atoms with Crippen LogP contribution < -0.4 is 5.32 Å². The Hall–Kier alpha value is -2.10. The van der Waals surface area contributed by atoms with Gasteiger partial charge in [-0.2, -0.15) is 0 Å². The highest BCUT2D eigenvalue weighted by atomic mass is 16.1. The number of nitrogens with zero attached hydrogens (tertiary/aromatic N) is 2. The highest BCUT2D eigenvalue weighted by Gasteiger charge is 2.12. The molecule has 1 N–H and O–H groups in total. The second-order valence-corrected chi connectivity index (χ2v) is 4.54. The molecule has 0 radical (unpaired) electrons. The number of carbonyl (C=O) groups is 1. The number of hydrogen-bond donors (Lipinski definition) is 1. The van der Waals surface area contributed by atoms with Gasteiger partial charge in [-0.3, -0.25) is 9.78 Å². The van der Waals surface area contributed by atoms with Gasteiger partial charge in [-0.25, -0.2) is 0 Å². The molecule has 0 atom stereocenters. The number of hydrogen-bond acceptors (Lipinski definition) is 2. The van der Waals surface area contributed by atoms with Gasteiger partial charge in [-0.05, 0) is 37.6 Å². The Kier molecular flexibility index (Phi) is 3.19. The van der Waals surface area contributed by atoms with Crippen molar-refractivity contribution in [1.82, 2.24) is 9.55 Å². The number of carbonyl (C=O) groups excluding carboxylic acids is 1. The number of aromatic nitrogens is 2. The Morgan fingerprint density at radius 2 is 2.06 bits per heavy atom. The van der Waals surface area contributed by atoms with Crippen molar-refractivity contribution in [2.45, 2.75) is 20.8 Å². The Balaban J connectivity index is 2.53. The van der Waals surface area contributed by atoms with Crippen LogP contribution in [0.5, 0.6) is 0 Å². The number of anilines is 1. The lowest BCUT2D eigenvalue weighted by Gasteiger charge is -2.09. The molecule has 1 amide bonds. The van der Waals surface area contributed by atoms with Gasteiger partial charge in [-0.15, -0.1) is 0 Å². The Labute approximate surface area is 107 Å². The van der Waals surface area contributed by atoms with Crippen molar-refractivity contribution in [3.8, 4) is 11.3 Å². The van der Waals surface area contributed by atoms with Crippen molar-refractivity contribution in [3.63, 3.8) is 0 Å². The van der Waals surface area contributed by atoms with E-state index in [0.717, 1.165) is 28.3 Å². The van der Waals surface area contributed by atoms with Gasteiger partial charge in [0.25, 0.3) is 0 Å². The van der Waals surface area contributed by atoms with Crippen LogP contribution in [0.2, 0.25) is 0 Å². The molecule has 0 fully saturated rings. The smallest absolute Gasteiger partial charge is 0.222 e. The highest BCUT2D eigenvalue weighted by Crippen LogP contribution is 2.28. The molecule has 0 aliphatic carbocycles. The predicted octanol–water partition coefficient (Wildman–Crippen LogP) is 2.66. The Morgan fingerprint density at radius 1 is 1.33 bits per heavy atom. The number of pyridine rings is 1. The van der Waals surface area contributed by atoms with Crippen LogP contribution in [0.1, 0.15) is 18.2 Å². The van der Waals surface area contributed by atoms with Crippen LogP contribution in [0, 0.1) is 13.8 Å². The van der Waals surface area contributed by atoms with E-state index in [9.17, 15) is 4.79 Å². The summed E-state index contributed by atoms with van der Waals surface area (Å²) in [5.41, 5.74) is 3.97. The van der Waals surface area contributed by atoms with Gasteiger partial charge >= 0.3 is 0 Å². The zero-order valence-electron chi connectivity index (χ0n) is 11.1. The number of nitrogens with one attached hydrogen (secondary N) is 1. The van der Waals surface area contributed by atoms with Crippen molar-refractivity contribution >= 4 is 11.7 Å². The van der Waals surface area contributed by atoms with Crippen LogP contribution in [0.15, 0.2) is 24.4 Å². The summed E-state index contributed by atoms with van der Waals surface area (Å²) in [6, 6.07) is 6.02. The first-order valence-electron chi connectivity index (χ1n) is 5.86. The van der Waals surface area contributed by atoms with Gasteiger partial charge in [0, 0.05) is 31.4 Å². The van der Waals surface area contributed by atoms with E-state index in [-0.39, 0.29) is 5.91 Å². The lowest BCUT2D eigenvalue weighted by Crippen LogP contribution is -2.10. The van der Waals surface area contributed by atoms with Gasteiger partial charge in [0.05, 0.1) is 5.69 Å². The van der Waals surface area contributed by atoms with E-state index >= 15 is 0 Å². The molecule has 0 bridgehead atoms. The second kappa shape index (κ2) is 4.64. The average molecular weight is 243 g/mol. The first kappa shape index (κ1) is 12.4. The summed E-state index contributed by atoms with van der Waals surface area (Å²) in [7, 11) is 1.90. The van der Waals surface area contributed by atoms with Crippen molar-refractivity contribution < 1.29 is 4.79 Å². The van der Waals surface area contributed by atoms with Crippen LogP contribution >= 0.6 is 0 Å². The lowest BCUT2D eigenvalue weighted by molar-refractivity contribution is -0.114. The standard InChI is InChI=1S/C14H17N3O/c1-9-7-10(2)15-13(8-9)12-5-6-17(4)14(12)16-11(3)18/h5-8H,1-4H3,(H,16,18). The Morgan fingerprint density at radius 3 is 2.67 bits per heavy atom. The summed E-state index contributed by atoms with van der Waals surface area (Å²) in [6.07, 6.45) is 1.92. The maximum Gasteiger partial charge on any atom is 0.222 e. The molecule has 18 heavy (non-hydrogen) atoms. The van der Waals surface area contributed by atoms with E-state index in [0.29, 0.717) is 0 Å². The van der Waals surface area contributed by atoms with Crippen LogP contribution in [0.3, 0.4) is 0 Å². The highest BCUT2D eigenvalue weighted by molar-refractivity contribution is 5.92. The molecule has 2 aromatic heterocycles. The third-order valence-electron chi connectivity index (χ3n) is 2.74. The first-order chi connectivity index (χ1) is 8.47. The molecule has 0 aliphatic heterocycles. The molecule has 2 rings (SSSR count). The van der Waals surface area contributed by atoms with Crippen molar-refractivity contribution in [2.24, 2.45) is 7.05 Å². The lowest BCUT2D eigenvalue weighted by atomic mass is 10.1. The van der Waals surface area contributed by atoms with Gasteiger partial charge in [-0.1, -0.05) is 0 Å². The van der Waals surface area contributed by atoms with Crippen LogP contribution in [0.25, 0.3) is 11.3 Å². The normalized spacial score (nSPS) is 10.4. The predicted molar refractivity (Wildman–Crippen MR) is 72.4 cm³/mol. The maximum absolute atomic E-state index is 11.2. The summed E-state index contributed by atoms with van der Waals surface area (Å²) in [5, 5.41) is 2.84. The number of aryl methyl sites for hydroxylation is 3. The van der Waals surface area contributed by atoms with Crippen molar-refractivity contribution in [3.05, 3.63) is 35.7 Å². The van der Waals surface area contributed by atoms with Gasteiger partial charge < -0.3 is 9.88 Å². The summed E-state index contributed by atoms with van der Waals surface area (Å²) in [4.78, 5) is 15.8. The van der Waals surface area contributed by atoms with Crippen LogP contribution in [0.4, 0.5) is 5.82 Å². The minimum absolute atomic E-state index is 0.0811. The second-order valence-electron chi connectivity index (χ2n) is 4.54. The molecular weight excluding hydrogens is 226 g/mol. The molecule has 4 heteroatoms. The summed E-state index contributed by atoms with van der Waals surface area (Å²) >= 11 is 0. The Bertz CT molecular complexity index is 579. The first-order valence-corrected chi connectivity index (χ1v) is 5.86. The molecule has 0 saturated heterocycles. The summed E-state index contributed by atoms with van der Waals surface area (Å²) < 4.78 is 1.88. The van der Waals surface area contributed by atoms with E-state index in [2.05, 4.69) is 10.3 Å². The van der Waals surface area contributed by atoms with E-state index in [1.807, 2.05) is 49.9 Å². The quantitative estimate of drug-likeness (QED) is 0.881. The zero-order valence-corrected chi connectivity index (χ0v) is 11.1. The van der Waals surface area contributed by atoms with Crippen molar-refractivity contribution in [2.75, 3.05) is 5.32 Å².